The molecule has 2 aromatic carbocycles. The molecule has 7 heteroatoms. The molecule has 0 aliphatic heterocycles. The summed E-state index contributed by atoms with van der Waals surface area (Å²) in [5.41, 5.74) is 3.28. The Bertz CT molecular complexity index is 960. The third kappa shape index (κ3) is 4.33. The highest BCUT2D eigenvalue weighted by Crippen LogP contribution is 2.18. The highest BCUT2D eigenvalue weighted by Gasteiger charge is 2.14. The van der Waals surface area contributed by atoms with Gasteiger partial charge in [-0.15, -0.1) is 0 Å². The number of rotatable bonds is 5. The number of nitrogens with one attached hydrogen (secondary N) is 2. The van der Waals surface area contributed by atoms with E-state index in [4.69, 9.17) is 4.74 Å². The van der Waals surface area contributed by atoms with Crippen LogP contribution in [0.15, 0.2) is 54.6 Å². The normalized spacial score (nSPS) is 10.3. The van der Waals surface area contributed by atoms with E-state index in [2.05, 4.69) is 15.7 Å². The largest absolute Gasteiger partial charge is 0.497 e. The number of carbonyl (C=O) groups excluding carboxylic acids is 2. The van der Waals surface area contributed by atoms with E-state index in [9.17, 15) is 9.59 Å². The van der Waals surface area contributed by atoms with Gasteiger partial charge in [0.2, 0.25) is 5.91 Å². The quantitative estimate of drug-likeness (QED) is 0.727. The van der Waals surface area contributed by atoms with E-state index < -0.39 is 0 Å². The van der Waals surface area contributed by atoms with Crippen LogP contribution in [0.2, 0.25) is 0 Å². The number of benzene rings is 2. The Morgan fingerprint density at radius 1 is 0.963 bits per heavy atom. The fraction of sp³-hybridized carbons (Fsp3) is 0.150. The molecule has 0 atom stereocenters. The Morgan fingerprint density at radius 2 is 1.56 bits per heavy atom. The van der Waals surface area contributed by atoms with Crippen molar-refractivity contribution in [3.05, 3.63) is 66.0 Å². The minimum Gasteiger partial charge on any atom is -0.497 e. The molecular weight excluding hydrogens is 344 g/mol. The van der Waals surface area contributed by atoms with Gasteiger partial charge < -0.3 is 15.4 Å². The Balaban J connectivity index is 1.74. The highest BCUT2D eigenvalue weighted by atomic mass is 16.5. The molecule has 0 unspecified atom stereocenters. The summed E-state index contributed by atoms with van der Waals surface area (Å²) in [6.45, 7) is 3.33. The molecule has 27 heavy (non-hydrogen) atoms. The summed E-state index contributed by atoms with van der Waals surface area (Å²) in [6.07, 6.45) is 0. The van der Waals surface area contributed by atoms with Gasteiger partial charge >= 0.3 is 0 Å². The number of aromatic nitrogens is 2. The van der Waals surface area contributed by atoms with Gasteiger partial charge in [0.25, 0.3) is 5.91 Å². The summed E-state index contributed by atoms with van der Waals surface area (Å²) < 4.78 is 6.86. The fourth-order valence-corrected chi connectivity index (χ4v) is 2.61. The van der Waals surface area contributed by atoms with E-state index >= 15 is 0 Å². The van der Waals surface area contributed by atoms with Crippen LogP contribution >= 0.6 is 0 Å². The Kier molecular flexibility index (Phi) is 5.21. The van der Waals surface area contributed by atoms with Gasteiger partial charge in [0.05, 0.1) is 12.8 Å². The molecule has 3 rings (SSSR count). The zero-order valence-corrected chi connectivity index (χ0v) is 15.3. The number of hydrogen-bond donors (Lipinski definition) is 2. The van der Waals surface area contributed by atoms with Gasteiger partial charge in [0.15, 0.2) is 5.69 Å². The van der Waals surface area contributed by atoms with Gasteiger partial charge in [-0.1, -0.05) is 0 Å². The second kappa shape index (κ2) is 7.74. The molecule has 138 valence electrons. The molecule has 0 bridgehead atoms. The first kappa shape index (κ1) is 18.2. The summed E-state index contributed by atoms with van der Waals surface area (Å²) in [5, 5.41) is 9.87. The fourth-order valence-electron chi connectivity index (χ4n) is 2.61. The third-order valence-electron chi connectivity index (χ3n) is 3.90. The molecule has 2 amide bonds. The van der Waals surface area contributed by atoms with Crippen LogP contribution in [-0.4, -0.2) is 28.7 Å². The number of hydrogen-bond acceptors (Lipinski definition) is 4. The SMILES string of the molecule is COc1ccc(-n2nc(C(=O)Nc3ccc(NC(C)=O)cc3)cc2C)cc1. The molecule has 0 fully saturated rings. The van der Waals surface area contributed by atoms with Crippen LogP contribution < -0.4 is 15.4 Å². The Morgan fingerprint density at radius 3 is 2.11 bits per heavy atom. The molecule has 3 aromatic rings. The van der Waals surface area contributed by atoms with Crippen molar-refractivity contribution in [2.45, 2.75) is 13.8 Å². The van der Waals surface area contributed by atoms with E-state index in [1.165, 1.54) is 6.92 Å². The predicted molar refractivity (Wildman–Crippen MR) is 104 cm³/mol. The monoisotopic (exact) mass is 364 g/mol. The molecule has 0 spiro atoms. The standard InChI is InChI=1S/C20H20N4O3/c1-13-12-19(23-24(13)17-8-10-18(27-3)11-9-17)20(26)22-16-6-4-15(5-7-16)21-14(2)25/h4-12H,1-3H3,(H,21,25)(H,22,26). The summed E-state index contributed by atoms with van der Waals surface area (Å²) >= 11 is 0. The van der Waals surface area contributed by atoms with Crippen LogP contribution in [0.3, 0.4) is 0 Å². The second-order valence-corrected chi connectivity index (χ2v) is 5.99. The minimum absolute atomic E-state index is 0.147. The smallest absolute Gasteiger partial charge is 0.276 e. The number of anilines is 2. The molecule has 0 saturated carbocycles. The molecule has 2 N–H and O–H groups in total. The van der Waals surface area contributed by atoms with Crippen LogP contribution in [0.5, 0.6) is 5.75 Å². The number of methoxy groups -OCH3 is 1. The van der Waals surface area contributed by atoms with Gasteiger partial charge in [-0.3, -0.25) is 9.59 Å². The second-order valence-electron chi connectivity index (χ2n) is 5.99. The van der Waals surface area contributed by atoms with Crippen molar-refractivity contribution in [2.75, 3.05) is 17.7 Å². The van der Waals surface area contributed by atoms with Crippen molar-refractivity contribution >= 4 is 23.2 Å². The predicted octanol–water partition coefficient (Wildman–Crippen LogP) is 3.40. The van der Waals surface area contributed by atoms with Crippen molar-refractivity contribution in [3.63, 3.8) is 0 Å². The molecule has 0 radical (unpaired) electrons. The lowest BCUT2D eigenvalue weighted by Crippen LogP contribution is -2.13. The minimum atomic E-state index is -0.308. The summed E-state index contributed by atoms with van der Waals surface area (Å²) in [7, 11) is 1.61. The molecule has 0 aliphatic carbocycles. The lowest BCUT2D eigenvalue weighted by Gasteiger charge is -2.06. The van der Waals surface area contributed by atoms with E-state index in [0.717, 1.165) is 17.1 Å². The lowest BCUT2D eigenvalue weighted by molar-refractivity contribution is -0.114. The average molecular weight is 364 g/mol. The van der Waals surface area contributed by atoms with Gasteiger partial charge in [0.1, 0.15) is 5.75 Å². The van der Waals surface area contributed by atoms with Crippen LogP contribution in [0.25, 0.3) is 5.69 Å². The van der Waals surface area contributed by atoms with E-state index in [1.807, 2.05) is 31.2 Å². The first-order valence-corrected chi connectivity index (χ1v) is 8.36. The highest BCUT2D eigenvalue weighted by molar-refractivity contribution is 6.03. The topological polar surface area (TPSA) is 85.2 Å². The van der Waals surface area contributed by atoms with Crippen molar-refractivity contribution in [1.29, 1.82) is 0 Å². The molecule has 0 saturated heterocycles. The lowest BCUT2D eigenvalue weighted by atomic mass is 10.2. The number of nitrogens with zero attached hydrogens (tertiary/aromatic N) is 2. The number of carbonyl (C=O) groups is 2. The van der Waals surface area contributed by atoms with Crippen molar-refractivity contribution in [2.24, 2.45) is 0 Å². The average Bonchev–Trinajstić information content (AvgIpc) is 3.05. The molecule has 1 aromatic heterocycles. The maximum atomic E-state index is 12.5. The maximum Gasteiger partial charge on any atom is 0.276 e. The van der Waals surface area contributed by atoms with Crippen LogP contribution in [0, 0.1) is 6.92 Å². The van der Waals surface area contributed by atoms with Crippen molar-refractivity contribution in [1.82, 2.24) is 9.78 Å². The molecule has 1 heterocycles. The van der Waals surface area contributed by atoms with Gasteiger partial charge in [-0.05, 0) is 61.5 Å². The van der Waals surface area contributed by atoms with Gasteiger partial charge in [-0.2, -0.15) is 5.10 Å². The molecule has 0 aliphatic rings. The molecular formula is C20H20N4O3. The first-order valence-electron chi connectivity index (χ1n) is 8.36. The van der Waals surface area contributed by atoms with E-state index in [1.54, 1.807) is 42.1 Å². The summed E-state index contributed by atoms with van der Waals surface area (Å²) in [4.78, 5) is 23.5. The third-order valence-corrected chi connectivity index (χ3v) is 3.90. The van der Waals surface area contributed by atoms with E-state index in [0.29, 0.717) is 17.1 Å². The Labute approximate surface area is 157 Å². The van der Waals surface area contributed by atoms with Crippen LogP contribution in [-0.2, 0) is 4.79 Å². The number of amides is 2. The summed E-state index contributed by atoms with van der Waals surface area (Å²) in [6, 6.07) is 16.0. The van der Waals surface area contributed by atoms with Gasteiger partial charge in [-0.25, -0.2) is 4.68 Å². The number of ether oxygens (including phenoxy) is 1. The Hall–Kier alpha value is -3.61. The van der Waals surface area contributed by atoms with Crippen LogP contribution in [0.1, 0.15) is 23.1 Å². The maximum absolute atomic E-state index is 12.5. The summed E-state index contributed by atoms with van der Waals surface area (Å²) in [5.74, 6) is 0.299. The zero-order valence-electron chi connectivity index (χ0n) is 15.3. The first-order chi connectivity index (χ1) is 13.0. The van der Waals surface area contributed by atoms with Crippen molar-refractivity contribution < 1.29 is 14.3 Å². The van der Waals surface area contributed by atoms with Crippen LogP contribution in [0.4, 0.5) is 11.4 Å². The van der Waals surface area contributed by atoms with E-state index in [-0.39, 0.29) is 11.8 Å². The van der Waals surface area contributed by atoms with Crippen molar-refractivity contribution in [3.8, 4) is 11.4 Å². The molecule has 7 nitrogen and oxygen atoms in total. The number of aryl methyl sites for hydroxylation is 1. The zero-order chi connectivity index (χ0) is 19.4. The van der Waals surface area contributed by atoms with Gasteiger partial charge in [0, 0.05) is 24.0 Å².